The third-order valence-corrected chi connectivity index (χ3v) is 4.45. The first-order valence-corrected chi connectivity index (χ1v) is 8.55. The summed E-state index contributed by atoms with van der Waals surface area (Å²) in [4.78, 5) is 27.8. The molecule has 0 fully saturated rings. The lowest BCUT2D eigenvalue weighted by molar-refractivity contribution is -0.522. The van der Waals surface area contributed by atoms with Gasteiger partial charge in [-0.05, 0) is 29.8 Å². The van der Waals surface area contributed by atoms with E-state index in [-0.39, 0.29) is 5.75 Å². The van der Waals surface area contributed by atoms with Crippen LogP contribution in [0, 0.1) is 10.1 Å². The summed E-state index contributed by atoms with van der Waals surface area (Å²) >= 11 is 0. The van der Waals surface area contributed by atoms with E-state index in [1.165, 1.54) is 33.4 Å². The first-order valence-electron chi connectivity index (χ1n) is 8.55. The molecule has 3 atom stereocenters. The Morgan fingerprint density at radius 2 is 1.82 bits per heavy atom. The Labute approximate surface area is 162 Å². The van der Waals surface area contributed by atoms with Crippen molar-refractivity contribution in [2.75, 3.05) is 14.2 Å². The monoisotopic (exact) mass is 386 g/mol. The molecule has 0 spiro atoms. The fourth-order valence-corrected chi connectivity index (χ4v) is 2.86. The van der Waals surface area contributed by atoms with E-state index in [9.17, 15) is 20.0 Å². The van der Waals surface area contributed by atoms with E-state index >= 15 is 0 Å². The van der Waals surface area contributed by atoms with Crippen molar-refractivity contribution < 1.29 is 24.3 Å². The molecule has 0 aliphatic carbocycles. The Kier molecular flexibility index (Phi) is 7.08. The van der Waals surface area contributed by atoms with Crippen LogP contribution < -0.4 is 4.74 Å². The van der Waals surface area contributed by atoms with Crippen molar-refractivity contribution >= 4 is 12.2 Å². The Morgan fingerprint density at radius 3 is 2.36 bits per heavy atom. The normalized spacial score (nSPS) is 14.2. The van der Waals surface area contributed by atoms with Crippen molar-refractivity contribution in [3.8, 4) is 11.5 Å². The molecule has 0 radical (unpaired) electrons. The maximum absolute atomic E-state index is 12.4. The molecule has 28 heavy (non-hydrogen) atoms. The van der Waals surface area contributed by atoms with E-state index in [0.29, 0.717) is 16.9 Å². The molecule has 0 aliphatic rings. The van der Waals surface area contributed by atoms with Gasteiger partial charge < -0.3 is 14.6 Å². The van der Waals surface area contributed by atoms with Crippen molar-refractivity contribution in [2.24, 2.45) is 4.99 Å². The zero-order valence-electron chi connectivity index (χ0n) is 15.8. The number of nitro groups is 1. The van der Waals surface area contributed by atoms with Gasteiger partial charge in [0, 0.05) is 23.6 Å². The van der Waals surface area contributed by atoms with Gasteiger partial charge in [0.25, 0.3) is 0 Å². The van der Waals surface area contributed by atoms with Gasteiger partial charge in [-0.15, -0.1) is 0 Å². The zero-order valence-corrected chi connectivity index (χ0v) is 15.8. The van der Waals surface area contributed by atoms with Crippen LogP contribution in [0.1, 0.15) is 24.0 Å². The fraction of sp³-hybridized carbons (Fsp3) is 0.300. The van der Waals surface area contributed by atoms with E-state index < -0.39 is 28.9 Å². The minimum atomic E-state index is -1.17. The number of esters is 1. The van der Waals surface area contributed by atoms with E-state index in [4.69, 9.17) is 9.47 Å². The molecule has 8 heteroatoms. The van der Waals surface area contributed by atoms with Crippen LogP contribution in [0.3, 0.4) is 0 Å². The summed E-state index contributed by atoms with van der Waals surface area (Å²) in [5, 5.41) is 21.4. The van der Waals surface area contributed by atoms with Crippen molar-refractivity contribution in [3.05, 3.63) is 69.8 Å². The molecule has 0 saturated heterocycles. The van der Waals surface area contributed by atoms with Crippen molar-refractivity contribution in [2.45, 2.75) is 24.9 Å². The van der Waals surface area contributed by atoms with Crippen LogP contribution in [-0.4, -0.2) is 48.5 Å². The first kappa shape index (κ1) is 20.9. The number of carbonyl (C=O) groups is 1. The molecule has 2 rings (SSSR count). The first-order chi connectivity index (χ1) is 13.4. The van der Waals surface area contributed by atoms with Crippen LogP contribution in [-0.2, 0) is 9.53 Å². The molecule has 2 aromatic rings. The quantitative estimate of drug-likeness (QED) is 0.323. The van der Waals surface area contributed by atoms with Gasteiger partial charge in [-0.1, -0.05) is 24.3 Å². The number of phenolic OH excluding ortho intramolecular Hbond substituents is 1. The van der Waals surface area contributed by atoms with Gasteiger partial charge in [0.05, 0.1) is 20.1 Å². The molecular formula is C20H22N2O6. The number of hydrogen-bond donors (Lipinski definition) is 1. The van der Waals surface area contributed by atoms with Crippen molar-refractivity contribution in [3.63, 3.8) is 0 Å². The summed E-state index contributed by atoms with van der Waals surface area (Å²) in [5.41, 5.74) is 0.938. The molecule has 148 valence electrons. The number of methoxy groups -OCH3 is 2. The summed E-state index contributed by atoms with van der Waals surface area (Å²) < 4.78 is 9.97. The van der Waals surface area contributed by atoms with Crippen LogP contribution in [0.5, 0.6) is 11.5 Å². The lowest BCUT2D eigenvalue weighted by Crippen LogP contribution is -2.37. The van der Waals surface area contributed by atoms with Crippen LogP contribution in [0.25, 0.3) is 0 Å². The number of nitrogens with zero attached hydrogens (tertiary/aromatic N) is 2. The number of phenols is 1. The number of carbonyl (C=O) groups excluding carboxylic acids is 1. The largest absolute Gasteiger partial charge is 0.507 e. The Hall–Kier alpha value is -3.42. The Morgan fingerprint density at radius 1 is 1.18 bits per heavy atom. The van der Waals surface area contributed by atoms with E-state index in [1.54, 1.807) is 42.5 Å². The number of aliphatic imine (C=N–C) groups is 1. The average Bonchev–Trinajstić information content (AvgIpc) is 2.71. The van der Waals surface area contributed by atoms with Crippen LogP contribution >= 0.6 is 0 Å². The third kappa shape index (κ3) is 4.85. The van der Waals surface area contributed by atoms with Gasteiger partial charge >= 0.3 is 5.97 Å². The molecular weight excluding hydrogens is 364 g/mol. The second-order valence-electron chi connectivity index (χ2n) is 6.13. The highest BCUT2D eigenvalue weighted by Crippen LogP contribution is 2.30. The Bertz CT molecular complexity index is 850. The van der Waals surface area contributed by atoms with Gasteiger partial charge in [0.2, 0.25) is 6.04 Å². The highest BCUT2D eigenvalue weighted by molar-refractivity contribution is 5.87. The molecule has 0 heterocycles. The lowest BCUT2D eigenvalue weighted by Gasteiger charge is -2.24. The number of benzene rings is 2. The van der Waals surface area contributed by atoms with Crippen molar-refractivity contribution in [1.82, 2.24) is 0 Å². The van der Waals surface area contributed by atoms with Gasteiger partial charge in [-0.3, -0.25) is 15.1 Å². The molecule has 0 amide bonds. The van der Waals surface area contributed by atoms with Crippen LogP contribution in [0.2, 0.25) is 0 Å². The zero-order chi connectivity index (χ0) is 20.7. The second kappa shape index (κ2) is 9.50. The summed E-state index contributed by atoms with van der Waals surface area (Å²) in [6, 6.07) is 10.8. The smallest absolute Gasteiger partial charge is 0.331 e. The maximum atomic E-state index is 12.4. The second-order valence-corrected chi connectivity index (χ2v) is 6.13. The average molecular weight is 386 g/mol. The number of ether oxygens (including phenoxy) is 2. The number of aromatic hydroxyl groups is 1. The van der Waals surface area contributed by atoms with Gasteiger partial charge in [0.15, 0.2) is 6.04 Å². The van der Waals surface area contributed by atoms with E-state index in [1.807, 2.05) is 0 Å². The van der Waals surface area contributed by atoms with Gasteiger partial charge in [-0.25, -0.2) is 4.79 Å². The molecule has 8 nitrogen and oxygen atoms in total. The topological polar surface area (TPSA) is 111 Å². The highest BCUT2D eigenvalue weighted by Gasteiger charge is 2.40. The van der Waals surface area contributed by atoms with E-state index in [2.05, 4.69) is 4.99 Å². The summed E-state index contributed by atoms with van der Waals surface area (Å²) in [6.07, 6.45) is 1.32. The predicted molar refractivity (Wildman–Crippen MR) is 104 cm³/mol. The third-order valence-electron chi connectivity index (χ3n) is 4.45. The molecule has 0 aliphatic heterocycles. The minimum Gasteiger partial charge on any atom is -0.507 e. The van der Waals surface area contributed by atoms with Gasteiger partial charge in [-0.2, -0.15) is 0 Å². The molecule has 3 unspecified atom stereocenters. The molecule has 2 aromatic carbocycles. The highest BCUT2D eigenvalue weighted by atomic mass is 16.6. The number of para-hydroxylation sites is 1. The maximum Gasteiger partial charge on any atom is 0.331 e. The molecule has 1 N–H and O–H groups in total. The van der Waals surface area contributed by atoms with E-state index in [0.717, 1.165) is 0 Å². The number of rotatable bonds is 8. The molecule has 0 aromatic heterocycles. The summed E-state index contributed by atoms with van der Waals surface area (Å²) in [6.45, 7) is 1.42. The Balaban J connectivity index is 2.50. The fourth-order valence-electron chi connectivity index (χ4n) is 2.86. The van der Waals surface area contributed by atoms with Crippen LogP contribution in [0.15, 0.2) is 53.5 Å². The summed E-state index contributed by atoms with van der Waals surface area (Å²) in [7, 11) is 2.72. The SMILES string of the molecule is COC(=O)C(N=Cc1ccccc1O)C(c1ccc(OC)cc1)C(C)[N+](=O)[O-]. The summed E-state index contributed by atoms with van der Waals surface area (Å²) in [5.74, 6) is -1.02. The standard InChI is InChI=1S/C20H22N2O6/c1-13(22(25)26)18(14-8-10-16(27-2)11-9-14)19(20(24)28-3)21-12-15-6-4-5-7-17(15)23/h4-13,18-19,23H,1-3H3. The van der Waals surface area contributed by atoms with Crippen LogP contribution in [0.4, 0.5) is 0 Å². The molecule has 0 saturated carbocycles. The molecule has 0 bridgehead atoms. The van der Waals surface area contributed by atoms with Gasteiger partial charge in [0.1, 0.15) is 11.5 Å². The predicted octanol–water partition coefficient (Wildman–Crippen LogP) is 2.81. The lowest BCUT2D eigenvalue weighted by atomic mass is 9.86. The minimum absolute atomic E-state index is 0.0156. The van der Waals surface area contributed by atoms with Crippen molar-refractivity contribution in [1.29, 1.82) is 0 Å². The number of hydrogen-bond acceptors (Lipinski definition) is 7.